The average molecular weight is 381 g/mol. The van der Waals surface area contributed by atoms with Gasteiger partial charge in [-0.25, -0.2) is 0 Å². The lowest BCUT2D eigenvalue weighted by atomic mass is 9.83. The summed E-state index contributed by atoms with van der Waals surface area (Å²) in [6.45, 7) is 0. The molecule has 0 fully saturated rings. The van der Waals surface area contributed by atoms with Gasteiger partial charge in [-0.1, -0.05) is 36.4 Å². The van der Waals surface area contributed by atoms with Crippen LogP contribution in [0.1, 0.15) is 22.6 Å². The summed E-state index contributed by atoms with van der Waals surface area (Å²) in [6, 6.07) is 25.3. The number of rotatable bonds is 4. The fraction of sp³-hybridized carbons (Fsp3) is 0.0833. The van der Waals surface area contributed by atoms with Crippen molar-refractivity contribution in [3.63, 3.8) is 0 Å². The summed E-state index contributed by atoms with van der Waals surface area (Å²) in [7, 11) is 1.63. The normalized spacial score (nSPS) is 15.5. The van der Waals surface area contributed by atoms with Gasteiger partial charge in [-0.05, 0) is 41.5 Å². The van der Waals surface area contributed by atoms with Gasteiger partial charge in [0.25, 0.3) is 0 Å². The molecule has 142 valence electrons. The van der Waals surface area contributed by atoms with Crippen molar-refractivity contribution in [1.82, 2.24) is 0 Å². The molecule has 0 aromatic heterocycles. The summed E-state index contributed by atoms with van der Waals surface area (Å²) in [5.41, 5.74) is 10.00. The first kappa shape index (κ1) is 18.3. The molecule has 1 atom stereocenters. The van der Waals surface area contributed by atoms with E-state index in [-0.39, 0.29) is 11.8 Å². The zero-order valence-electron chi connectivity index (χ0n) is 15.9. The number of nitrogens with two attached hydrogens (primary N) is 1. The maximum atomic E-state index is 9.68. The molecule has 0 spiro atoms. The first-order valence-corrected chi connectivity index (χ1v) is 9.14. The molecule has 3 aromatic rings. The Morgan fingerprint density at radius 3 is 2.66 bits per heavy atom. The molecular formula is C24H19N3O2. The van der Waals surface area contributed by atoms with Crippen molar-refractivity contribution in [1.29, 1.82) is 5.26 Å². The summed E-state index contributed by atoms with van der Waals surface area (Å²) < 4.78 is 10.9. The van der Waals surface area contributed by atoms with Crippen molar-refractivity contribution in [2.75, 3.05) is 7.11 Å². The quantitative estimate of drug-likeness (QED) is 0.666. The van der Waals surface area contributed by atoms with Crippen molar-refractivity contribution in [2.45, 2.75) is 5.92 Å². The molecule has 2 N–H and O–H groups in total. The van der Waals surface area contributed by atoms with E-state index in [0.29, 0.717) is 11.3 Å². The van der Waals surface area contributed by atoms with E-state index in [2.05, 4.69) is 11.1 Å². The summed E-state index contributed by atoms with van der Waals surface area (Å²) in [5, 5.41) is 9.68. The van der Waals surface area contributed by atoms with Crippen LogP contribution in [0.25, 0.3) is 0 Å². The summed E-state index contributed by atoms with van der Waals surface area (Å²) in [5.74, 6) is 1.26. The maximum absolute atomic E-state index is 9.68. The van der Waals surface area contributed by atoms with Crippen LogP contribution < -0.4 is 15.2 Å². The van der Waals surface area contributed by atoms with Crippen LogP contribution in [-0.2, 0) is 0 Å². The molecule has 0 unspecified atom stereocenters. The van der Waals surface area contributed by atoms with Gasteiger partial charge in [0.05, 0.1) is 18.7 Å². The monoisotopic (exact) mass is 381 g/mol. The number of nitrogens with zero attached hydrogens (tertiary/aromatic N) is 2. The standard InChI is InChI=1S/C24H19N3O2/c1-28-19-9-5-8-18(13-19)27-15-16-10-11-22-20(12-16)23(17-6-3-2-4-7-17)21(14-25)24(26)29-22/h2-13,15,23H,26H2,1H3/t23-/m0/s1. The van der Waals surface area contributed by atoms with Gasteiger partial charge < -0.3 is 15.2 Å². The molecule has 1 aliphatic heterocycles. The predicted octanol–water partition coefficient (Wildman–Crippen LogP) is 4.66. The van der Waals surface area contributed by atoms with Crippen molar-refractivity contribution in [3.05, 3.63) is 101 Å². The molecule has 0 aliphatic carbocycles. The van der Waals surface area contributed by atoms with Gasteiger partial charge in [0.2, 0.25) is 5.88 Å². The van der Waals surface area contributed by atoms with Crippen LogP contribution in [0, 0.1) is 11.3 Å². The van der Waals surface area contributed by atoms with Crippen molar-refractivity contribution in [2.24, 2.45) is 10.7 Å². The molecular weight excluding hydrogens is 362 g/mol. The number of benzene rings is 3. The fourth-order valence-corrected chi connectivity index (χ4v) is 3.39. The lowest BCUT2D eigenvalue weighted by Crippen LogP contribution is -2.21. The van der Waals surface area contributed by atoms with E-state index in [1.807, 2.05) is 72.8 Å². The molecule has 0 radical (unpaired) electrons. The van der Waals surface area contributed by atoms with Crippen molar-refractivity contribution in [3.8, 4) is 17.6 Å². The van der Waals surface area contributed by atoms with Crippen molar-refractivity contribution < 1.29 is 9.47 Å². The van der Waals surface area contributed by atoms with Crippen LogP contribution in [0.15, 0.2) is 89.2 Å². The second-order valence-electron chi connectivity index (χ2n) is 6.59. The number of fused-ring (bicyclic) bond motifs is 1. The Morgan fingerprint density at radius 2 is 1.90 bits per heavy atom. The number of ether oxygens (including phenoxy) is 2. The molecule has 5 nitrogen and oxygen atoms in total. The smallest absolute Gasteiger partial charge is 0.205 e. The largest absolute Gasteiger partial charge is 0.497 e. The lowest BCUT2D eigenvalue weighted by molar-refractivity contribution is 0.393. The molecule has 5 heteroatoms. The first-order valence-electron chi connectivity index (χ1n) is 9.14. The highest BCUT2D eigenvalue weighted by Gasteiger charge is 2.30. The van der Waals surface area contributed by atoms with E-state index in [0.717, 1.165) is 28.1 Å². The Kier molecular flexibility index (Phi) is 5.00. The minimum Gasteiger partial charge on any atom is -0.497 e. The van der Waals surface area contributed by atoms with Crippen LogP contribution in [0.3, 0.4) is 0 Å². The van der Waals surface area contributed by atoms with Gasteiger partial charge in [-0.15, -0.1) is 0 Å². The van der Waals surface area contributed by atoms with Crippen LogP contribution in [0.4, 0.5) is 5.69 Å². The van der Waals surface area contributed by atoms with Gasteiger partial charge in [-0.3, -0.25) is 4.99 Å². The SMILES string of the molecule is COc1cccc(N=Cc2ccc3c(c2)[C@H](c2ccccc2)C(C#N)=C(N)O3)c1. The minimum atomic E-state index is -0.282. The number of aliphatic imine (C=N–C) groups is 1. The van der Waals surface area contributed by atoms with E-state index in [1.165, 1.54) is 0 Å². The minimum absolute atomic E-state index is 0.145. The van der Waals surface area contributed by atoms with Crippen molar-refractivity contribution >= 4 is 11.9 Å². The maximum Gasteiger partial charge on any atom is 0.205 e. The first-order chi connectivity index (χ1) is 14.2. The van der Waals surface area contributed by atoms with E-state index in [4.69, 9.17) is 15.2 Å². The third kappa shape index (κ3) is 3.69. The van der Waals surface area contributed by atoms with Crippen LogP contribution >= 0.6 is 0 Å². The molecule has 1 aliphatic rings. The van der Waals surface area contributed by atoms with Gasteiger partial charge in [-0.2, -0.15) is 5.26 Å². The molecule has 4 rings (SSSR count). The van der Waals surface area contributed by atoms with Gasteiger partial charge in [0.15, 0.2) is 0 Å². The highest BCUT2D eigenvalue weighted by Crippen LogP contribution is 2.42. The average Bonchev–Trinajstić information content (AvgIpc) is 2.77. The molecule has 1 heterocycles. The van der Waals surface area contributed by atoms with Gasteiger partial charge in [0, 0.05) is 17.8 Å². The second-order valence-corrected chi connectivity index (χ2v) is 6.59. The fourth-order valence-electron chi connectivity index (χ4n) is 3.39. The number of nitriles is 1. The van der Waals surface area contributed by atoms with E-state index < -0.39 is 0 Å². The number of hydrogen-bond donors (Lipinski definition) is 1. The van der Waals surface area contributed by atoms with E-state index >= 15 is 0 Å². The number of methoxy groups -OCH3 is 1. The van der Waals surface area contributed by atoms with Crippen LogP contribution in [0.2, 0.25) is 0 Å². The summed E-state index contributed by atoms with van der Waals surface area (Å²) in [6.07, 6.45) is 1.78. The van der Waals surface area contributed by atoms with E-state index in [1.54, 1.807) is 13.3 Å². The molecule has 0 bridgehead atoms. The number of hydrogen-bond acceptors (Lipinski definition) is 5. The third-order valence-corrected chi connectivity index (χ3v) is 4.79. The summed E-state index contributed by atoms with van der Waals surface area (Å²) >= 11 is 0. The van der Waals surface area contributed by atoms with E-state index in [9.17, 15) is 5.26 Å². The Morgan fingerprint density at radius 1 is 1.07 bits per heavy atom. The zero-order chi connectivity index (χ0) is 20.2. The van der Waals surface area contributed by atoms with Gasteiger partial charge >= 0.3 is 0 Å². The molecule has 0 amide bonds. The highest BCUT2D eigenvalue weighted by molar-refractivity contribution is 5.83. The predicted molar refractivity (Wildman–Crippen MR) is 112 cm³/mol. The van der Waals surface area contributed by atoms with Crippen LogP contribution in [0.5, 0.6) is 11.5 Å². The lowest BCUT2D eigenvalue weighted by Gasteiger charge is -2.26. The second kappa shape index (κ2) is 7.91. The van der Waals surface area contributed by atoms with Crippen LogP contribution in [-0.4, -0.2) is 13.3 Å². The zero-order valence-corrected chi connectivity index (χ0v) is 15.9. The number of allylic oxidation sites excluding steroid dienone is 1. The third-order valence-electron chi connectivity index (χ3n) is 4.79. The topological polar surface area (TPSA) is 80.6 Å². The molecule has 0 saturated heterocycles. The molecule has 3 aromatic carbocycles. The Bertz CT molecular complexity index is 1140. The Balaban J connectivity index is 1.74. The Labute approximate surface area is 169 Å². The molecule has 0 saturated carbocycles. The highest BCUT2D eigenvalue weighted by atomic mass is 16.5. The Hall–Kier alpha value is -4.04. The summed E-state index contributed by atoms with van der Waals surface area (Å²) in [4.78, 5) is 4.54. The molecule has 29 heavy (non-hydrogen) atoms. The van der Waals surface area contributed by atoms with Gasteiger partial charge in [0.1, 0.15) is 23.1 Å².